The highest BCUT2D eigenvalue weighted by Gasteiger charge is 2.11. The first-order chi connectivity index (χ1) is 11.0. The van der Waals surface area contributed by atoms with Crippen molar-refractivity contribution in [2.24, 2.45) is 0 Å². The van der Waals surface area contributed by atoms with Crippen LogP contribution in [0.2, 0.25) is 0 Å². The first-order valence-electron chi connectivity index (χ1n) is 6.41. The van der Waals surface area contributed by atoms with E-state index in [2.05, 4.69) is 25.3 Å². The van der Waals surface area contributed by atoms with Crippen LogP contribution in [0.1, 0.15) is 20.8 Å². The van der Waals surface area contributed by atoms with Crippen molar-refractivity contribution in [3.05, 3.63) is 47.8 Å². The van der Waals surface area contributed by atoms with E-state index < -0.39 is 12.5 Å². The Morgan fingerprint density at radius 1 is 1.17 bits per heavy atom. The zero-order valence-electron chi connectivity index (χ0n) is 11.9. The minimum atomic E-state index is -3.00. The predicted octanol–water partition coefficient (Wildman–Crippen LogP) is 1.69. The molecule has 7 nitrogen and oxygen atoms in total. The van der Waals surface area contributed by atoms with E-state index in [0.29, 0.717) is 0 Å². The number of amides is 2. The molecule has 120 valence electrons. The zero-order valence-corrected chi connectivity index (χ0v) is 11.9. The third-order valence-electron chi connectivity index (χ3n) is 2.66. The number of alkyl halides is 2. The number of hydrogen-bond acceptors (Lipinski definition) is 5. The van der Waals surface area contributed by atoms with Gasteiger partial charge in [0.15, 0.2) is 0 Å². The fraction of sp³-hybridized carbons (Fsp3) is 0.143. The van der Waals surface area contributed by atoms with Crippen LogP contribution in [0.25, 0.3) is 0 Å². The van der Waals surface area contributed by atoms with E-state index in [1.807, 2.05) is 0 Å². The lowest BCUT2D eigenvalue weighted by atomic mass is 10.2. The van der Waals surface area contributed by atoms with Crippen molar-refractivity contribution in [2.75, 3.05) is 12.4 Å². The quantitative estimate of drug-likeness (QED) is 0.874. The number of carbonyl (C=O) groups is 2. The molecule has 0 aliphatic carbocycles. The van der Waals surface area contributed by atoms with Crippen LogP contribution in [-0.2, 0) is 0 Å². The van der Waals surface area contributed by atoms with Crippen LogP contribution >= 0.6 is 0 Å². The van der Waals surface area contributed by atoms with Gasteiger partial charge in [-0.25, -0.2) is 0 Å². The lowest BCUT2D eigenvalue weighted by molar-refractivity contribution is -0.0527. The molecular formula is C14H12F2N4O3. The van der Waals surface area contributed by atoms with Gasteiger partial charge in [0.1, 0.15) is 11.5 Å². The van der Waals surface area contributed by atoms with Crippen LogP contribution in [-0.4, -0.2) is 35.4 Å². The topological polar surface area (TPSA) is 93.2 Å². The molecular weight excluding hydrogens is 310 g/mol. The molecule has 0 spiro atoms. The highest BCUT2D eigenvalue weighted by Crippen LogP contribution is 2.14. The first kappa shape index (κ1) is 16.3. The number of carbonyl (C=O) groups excluding carboxylic acids is 2. The molecule has 0 fully saturated rings. The van der Waals surface area contributed by atoms with Gasteiger partial charge in [0, 0.05) is 19.3 Å². The van der Waals surface area contributed by atoms with Gasteiger partial charge in [0.2, 0.25) is 5.88 Å². The Hall–Kier alpha value is -3.10. The van der Waals surface area contributed by atoms with Gasteiger partial charge in [-0.1, -0.05) is 6.07 Å². The van der Waals surface area contributed by atoms with Gasteiger partial charge >= 0.3 is 6.61 Å². The number of pyridine rings is 2. The maximum atomic E-state index is 12.1. The van der Waals surface area contributed by atoms with Crippen molar-refractivity contribution in [2.45, 2.75) is 6.61 Å². The Kier molecular flexibility index (Phi) is 5.13. The number of nitrogens with one attached hydrogen (secondary N) is 2. The number of aromatic nitrogens is 2. The Morgan fingerprint density at radius 3 is 2.57 bits per heavy atom. The molecule has 0 radical (unpaired) electrons. The molecule has 0 unspecified atom stereocenters. The van der Waals surface area contributed by atoms with Crippen molar-refractivity contribution in [1.82, 2.24) is 15.3 Å². The van der Waals surface area contributed by atoms with Crippen LogP contribution in [0.3, 0.4) is 0 Å². The summed E-state index contributed by atoms with van der Waals surface area (Å²) in [5.41, 5.74) is 0.342. The van der Waals surface area contributed by atoms with Crippen LogP contribution in [0, 0.1) is 0 Å². The van der Waals surface area contributed by atoms with Crippen LogP contribution in [0.5, 0.6) is 5.88 Å². The van der Waals surface area contributed by atoms with Gasteiger partial charge in [0.25, 0.3) is 11.8 Å². The van der Waals surface area contributed by atoms with Crippen molar-refractivity contribution in [3.63, 3.8) is 0 Å². The van der Waals surface area contributed by atoms with Crippen LogP contribution < -0.4 is 15.4 Å². The first-order valence-corrected chi connectivity index (χ1v) is 6.41. The maximum absolute atomic E-state index is 12.1. The summed E-state index contributed by atoms with van der Waals surface area (Å²) >= 11 is 0. The smallest absolute Gasteiger partial charge is 0.388 e. The second-order valence-electron chi connectivity index (χ2n) is 4.20. The van der Waals surface area contributed by atoms with E-state index in [0.717, 1.165) is 0 Å². The Bertz CT molecular complexity index is 707. The van der Waals surface area contributed by atoms with Gasteiger partial charge in [-0.05, 0) is 18.2 Å². The maximum Gasteiger partial charge on any atom is 0.388 e. The summed E-state index contributed by atoms with van der Waals surface area (Å²) in [4.78, 5) is 30.9. The fourth-order valence-corrected chi connectivity index (χ4v) is 1.62. The van der Waals surface area contributed by atoms with E-state index >= 15 is 0 Å². The summed E-state index contributed by atoms with van der Waals surface area (Å²) in [6.07, 6.45) is 1.22. The van der Waals surface area contributed by atoms with Crippen molar-refractivity contribution in [1.29, 1.82) is 0 Å². The molecule has 2 amide bonds. The summed E-state index contributed by atoms with van der Waals surface area (Å²) in [7, 11) is 1.46. The van der Waals surface area contributed by atoms with E-state index in [1.54, 1.807) is 0 Å². The highest BCUT2D eigenvalue weighted by molar-refractivity contribution is 6.04. The molecule has 2 aromatic rings. The second-order valence-corrected chi connectivity index (χ2v) is 4.20. The number of halogens is 2. The number of rotatable bonds is 5. The average molecular weight is 322 g/mol. The van der Waals surface area contributed by atoms with E-state index in [9.17, 15) is 18.4 Å². The third-order valence-corrected chi connectivity index (χ3v) is 2.66. The lowest BCUT2D eigenvalue weighted by Gasteiger charge is -2.07. The summed E-state index contributed by atoms with van der Waals surface area (Å²) < 4.78 is 28.4. The summed E-state index contributed by atoms with van der Waals surface area (Å²) in [5, 5.41) is 4.82. The molecule has 2 rings (SSSR count). The average Bonchev–Trinajstić information content (AvgIpc) is 2.54. The minimum Gasteiger partial charge on any atom is -0.417 e. The molecule has 0 aliphatic rings. The molecule has 0 bridgehead atoms. The molecule has 2 heterocycles. The summed E-state index contributed by atoms with van der Waals surface area (Å²) in [5.74, 6) is -1.20. The van der Waals surface area contributed by atoms with Crippen molar-refractivity contribution in [3.8, 4) is 5.88 Å². The van der Waals surface area contributed by atoms with Crippen LogP contribution in [0.4, 0.5) is 14.6 Å². The zero-order chi connectivity index (χ0) is 16.8. The summed E-state index contributed by atoms with van der Waals surface area (Å²) in [6.45, 7) is -3.00. The Balaban J connectivity index is 2.08. The van der Waals surface area contributed by atoms with Crippen LogP contribution in [0.15, 0.2) is 36.5 Å². The lowest BCUT2D eigenvalue weighted by Crippen LogP contribution is -2.20. The molecule has 0 aromatic carbocycles. The largest absolute Gasteiger partial charge is 0.417 e. The summed E-state index contributed by atoms with van der Waals surface area (Å²) in [6, 6.07) is 6.86. The molecule has 0 saturated heterocycles. The van der Waals surface area contributed by atoms with Gasteiger partial charge < -0.3 is 15.4 Å². The molecule has 9 heteroatoms. The molecule has 0 saturated carbocycles. The van der Waals surface area contributed by atoms with Gasteiger partial charge in [-0.3, -0.25) is 14.6 Å². The van der Waals surface area contributed by atoms with E-state index in [1.165, 1.54) is 43.6 Å². The number of hydrogen-bond donors (Lipinski definition) is 2. The van der Waals surface area contributed by atoms with E-state index in [4.69, 9.17) is 0 Å². The van der Waals surface area contributed by atoms with Crippen molar-refractivity contribution < 1.29 is 23.1 Å². The molecule has 2 N–H and O–H groups in total. The van der Waals surface area contributed by atoms with E-state index in [-0.39, 0.29) is 28.9 Å². The monoisotopic (exact) mass is 322 g/mol. The van der Waals surface area contributed by atoms with Gasteiger partial charge in [-0.15, -0.1) is 0 Å². The minimum absolute atomic E-state index is 0.0449. The number of anilines is 1. The van der Waals surface area contributed by atoms with Gasteiger partial charge in [0.05, 0.1) is 5.56 Å². The molecule has 0 atom stereocenters. The highest BCUT2D eigenvalue weighted by atomic mass is 19.3. The third kappa shape index (κ3) is 4.43. The van der Waals surface area contributed by atoms with Crippen molar-refractivity contribution >= 4 is 17.6 Å². The normalized spacial score (nSPS) is 10.3. The molecule has 23 heavy (non-hydrogen) atoms. The van der Waals surface area contributed by atoms with Gasteiger partial charge in [-0.2, -0.15) is 13.8 Å². The fourth-order valence-electron chi connectivity index (χ4n) is 1.62. The number of nitrogens with zero attached hydrogens (tertiary/aromatic N) is 2. The molecule has 0 aliphatic heterocycles. The SMILES string of the molecule is CNC(=O)c1ccc(C(=O)Nc2cccc(OC(F)F)n2)cn1. The Morgan fingerprint density at radius 2 is 1.96 bits per heavy atom. The second kappa shape index (κ2) is 7.25. The number of ether oxygens (including phenoxy) is 1. The Labute approximate surface area is 129 Å². The standard InChI is InChI=1S/C14H12F2N4O3/c1-17-13(22)9-6-5-8(7-18-9)12(21)20-10-3-2-4-11(19-10)23-14(15)16/h2-7,14H,1H3,(H,17,22)(H,19,20,21). The molecule has 2 aromatic heterocycles. The predicted molar refractivity (Wildman–Crippen MR) is 76.4 cm³/mol.